The molecule has 8 heteroatoms. The Morgan fingerprint density at radius 1 is 1.19 bits per heavy atom. The molecule has 0 saturated carbocycles. The third-order valence-electron chi connectivity index (χ3n) is 5.14. The lowest BCUT2D eigenvalue weighted by Gasteiger charge is -2.19. The minimum absolute atomic E-state index is 0.126. The largest absolute Gasteiger partial charge is 0.394 e. The molecule has 0 bridgehead atoms. The number of carbonyl (C=O) groups is 1. The summed E-state index contributed by atoms with van der Waals surface area (Å²) in [6, 6.07) is 7.41. The number of aromatic nitrogens is 2. The molecule has 0 aliphatic rings. The van der Waals surface area contributed by atoms with Gasteiger partial charge in [0.1, 0.15) is 5.82 Å². The average Bonchev–Trinajstić information content (AvgIpc) is 2.79. The van der Waals surface area contributed by atoms with Gasteiger partial charge in [-0.05, 0) is 48.2 Å². The molecule has 2 aromatic heterocycles. The Kier molecular flexibility index (Phi) is 7.77. The molecule has 0 saturated heterocycles. The standard InChI is InChI=1S/C24H26ClFN4O2/c1-4-16(13-31)29-24(32)19-11-27-8-7-21(19)30-23-10-22(28-12-18(23)14(2)3)17-9-15(25)5-6-20(17)26/h5-12,14,16,31H,4,13H2,1-3H3,(H,29,32)(H,27,28,30)/t16-/m0/s1. The summed E-state index contributed by atoms with van der Waals surface area (Å²) in [6.07, 6.45) is 5.34. The lowest BCUT2D eigenvalue weighted by molar-refractivity contribution is 0.0915. The van der Waals surface area contributed by atoms with Crippen molar-refractivity contribution in [3.05, 3.63) is 70.9 Å². The van der Waals surface area contributed by atoms with Crippen molar-refractivity contribution in [1.82, 2.24) is 15.3 Å². The smallest absolute Gasteiger partial charge is 0.255 e. The molecular weight excluding hydrogens is 431 g/mol. The number of aliphatic hydroxyl groups excluding tert-OH is 1. The second-order valence-corrected chi connectivity index (χ2v) is 8.18. The number of pyridine rings is 2. The average molecular weight is 457 g/mol. The zero-order chi connectivity index (χ0) is 23.3. The first-order valence-corrected chi connectivity index (χ1v) is 10.8. The summed E-state index contributed by atoms with van der Waals surface area (Å²) in [5.74, 6) is -0.646. The molecule has 0 radical (unpaired) electrons. The second-order valence-electron chi connectivity index (χ2n) is 7.74. The second kappa shape index (κ2) is 10.5. The summed E-state index contributed by atoms with van der Waals surface area (Å²) < 4.78 is 14.4. The SMILES string of the molecule is CC[C@@H](CO)NC(=O)c1cnccc1Nc1cc(-c2cc(Cl)ccc2F)ncc1C(C)C. The quantitative estimate of drug-likeness (QED) is 0.428. The van der Waals surface area contributed by atoms with Crippen molar-refractivity contribution in [3.8, 4) is 11.3 Å². The number of aliphatic hydroxyl groups is 1. The van der Waals surface area contributed by atoms with Gasteiger partial charge in [-0.25, -0.2) is 4.39 Å². The van der Waals surface area contributed by atoms with Crippen LogP contribution in [-0.4, -0.2) is 33.6 Å². The Hall–Kier alpha value is -3.03. The summed E-state index contributed by atoms with van der Waals surface area (Å²) in [5.41, 5.74) is 3.18. The van der Waals surface area contributed by atoms with Crippen LogP contribution in [0.5, 0.6) is 0 Å². The van der Waals surface area contributed by atoms with Crippen molar-refractivity contribution in [2.45, 2.75) is 39.2 Å². The van der Waals surface area contributed by atoms with E-state index in [1.807, 2.05) is 20.8 Å². The fourth-order valence-corrected chi connectivity index (χ4v) is 3.42. The van der Waals surface area contributed by atoms with E-state index in [2.05, 4.69) is 20.6 Å². The summed E-state index contributed by atoms with van der Waals surface area (Å²) >= 11 is 6.06. The van der Waals surface area contributed by atoms with E-state index >= 15 is 0 Å². The first-order chi connectivity index (χ1) is 15.3. The van der Waals surface area contributed by atoms with Gasteiger partial charge < -0.3 is 15.7 Å². The molecule has 0 aliphatic heterocycles. The van der Waals surface area contributed by atoms with E-state index in [0.717, 1.165) is 5.56 Å². The van der Waals surface area contributed by atoms with Crippen molar-refractivity contribution in [2.24, 2.45) is 0 Å². The highest BCUT2D eigenvalue weighted by atomic mass is 35.5. The van der Waals surface area contributed by atoms with Crippen LogP contribution in [0.15, 0.2) is 48.9 Å². The van der Waals surface area contributed by atoms with E-state index in [0.29, 0.717) is 34.1 Å². The summed E-state index contributed by atoms with van der Waals surface area (Å²) in [6.45, 7) is 5.78. The molecule has 6 nitrogen and oxygen atoms in total. The molecule has 0 spiro atoms. The van der Waals surface area contributed by atoms with Gasteiger partial charge in [-0.15, -0.1) is 0 Å². The highest BCUT2D eigenvalue weighted by Gasteiger charge is 2.18. The van der Waals surface area contributed by atoms with Gasteiger partial charge in [-0.3, -0.25) is 14.8 Å². The maximum absolute atomic E-state index is 14.4. The van der Waals surface area contributed by atoms with Crippen molar-refractivity contribution >= 4 is 28.9 Å². The number of rotatable bonds is 8. The van der Waals surface area contributed by atoms with Crippen LogP contribution in [-0.2, 0) is 0 Å². The fourth-order valence-electron chi connectivity index (χ4n) is 3.24. The van der Waals surface area contributed by atoms with Crippen molar-refractivity contribution < 1.29 is 14.3 Å². The van der Waals surface area contributed by atoms with Crippen LogP contribution in [0.3, 0.4) is 0 Å². The Morgan fingerprint density at radius 2 is 1.97 bits per heavy atom. The van der Waals surface area contributed by atoms with E-state index in [1.54, 1.807) is 24.5 Å². The van der Waals surface area contributed by atoms with E-state index in [-0.39, 0.29) is 30.0 Å². The van der Waals surface area contributed by atoms with Crippen LogP contribution in [0.1, 0.15) is 49.0 Å². The predicted molar refractivity (Wildman–Crippen MR) is 125 cm³/mol. The van der Waals surface area contributed by atoms with Gasteiger partial charge in [-0.2, -0.15) is 0 Å². The summed E-state index contributed by atoms with van der Waals surface area (Å²) in [4.78, 5) is 21.3. The summed E-state index contributed by atoms with van der Waals surface area (Å²) in [5, 5.41) is 15.9. The number of nitrogens with one attached hydrogen (secondary N) is 2. The van der Waals surface area contributed by atoms with Gasteiger partial charge in [0.15, 0.2) is 0 Å². The minimum atomic E-state index is -0.427. The third-order valence-corrected chi connectivity index (χ3v) is 5.38. The van der Waals surface area contributed by atoms with Gasteiger partial charge in [0.2, 0.25) is 0 Å². The number of amides is 1. The van der Waals surface area contributed by atoms with Gasteiger partial charge in [0, 0.05) is 34.9 Å². The molecule has 168 valence electrons. The van der Waals surface area contributed by atoms with Crippen molar-refractivity contribution in [3.63, 3.8) is 0 Å². The van der Waals surface area contributed by atoms with Gasteiger partial charge in [0.25, 0.3) is 5.91 Å². The number of hydrogen-bond acceptors (Lipinski definition) is 5. The summed E-state index contributed by atoms with van der Waals surface area (Å²) in [7, 11) is 0. The van der Waals surface area contributed by atoms with Crippen LogP contribution in [0.2, 0.25) is 5.02 Å². The Labute approximate surface area is 191 Å². The molecule has 0 unspecified atom stereocenters. The third kappa shape index (κ3) is 5.41. The van der Waals surface area contributed by atoms with Crippen LogP contribution >= 0.6 is 11.6 Å². The van der Waals surface area contributed by atoms with E-state index in [1.165, 1.54) is 24.4 Å². The number of hydrogen-bond donors (Lipinski definition) is 3. The van der Waals surface area contributed by atoms with Gasteiger partial charge in [0.05, 0.1) is 29.6 Å². The molecule has 1 amide bonds. The number of halogens is 2. The molecule has 2 heterocycles. The first kappa shape index (κ1) is 23.6. The van der Waals surface area contributed by atoms with Crippen molar-refractivity contribution in [1.29, 1.82) is 0 Å². The molecule has 3 N–H and O–H groups in total. The lowest BCUT2D eigenvalue weighted by atomic mass is 10.0. The topological polar surface area (TPSA) is 87.1 Å². The first-order valence-electron chi connectivity index (χ1n) is 10.4. The fraction of sp³-hybridized carbons (Fsp3) is 0.292. The minimum Gasteiger partial charge on any atom is -0.394 e. The number of carbonyl (C=O) groups excluding carboxylic acids is 1. The molecule has 0 fully saturated rings. The van der Waals surface area contributed by atoms with Crippen LogP contribution in [0, 0.1) is 5.82 Å². The maximum Gasteiger partial charge on any atom is 0.255 e. The zero-order valence-electron chi connectivity index (χ0n) is 18.2. The molecule has 3 aromatic rings. The van der Waals surface area contributed by atoms with Gasteiger partial charge in [-0.1, -0.05) is 32.4 Å². The van der Waals surface area contributed by atoms with Crippen LogP contribution in [0.25, 0.3) is 11.3 Å². The van der Waals surface area contributed by atoms with E-state index in [9.17, 15) is 14.3 Å². The van der Waals surface area contributed by atoms with E-state index < -0.39 is 5.82 Å². The monoisotopic (exact) mass is 456 g/mol. The highest BCUT2D eigenvalue weighted by molar-refractivity contribution is 6.30. The molecule has 0 aliphatic carbocycles. The van der Waals surface area contributed by atoms with Crippen LogP contribution < -0.4 is 10.6 Å². The molecule has 32 heavy (non-hydrogen) atoms. The zero-order valence-corrected chi connectivity index (χ0v) is 18.9. The van der Waals surface area contributed by atoms with Gasteiger partial charge >= 0.3 is 0 Å². The Morgan fingerprint density at radius 3 is 2.66 bits per heavy atom. The molecule has 1 atom stereocenters. The molecular formula is C24H26ClFN4O2. The number of benzene rings is 1. The highest BCUT2D eigenvalue weighted by Crippen LogP contribution is 2.33. The lowest BCUT2D eigenvalue weighted by Crippen LogP contribution is -2.37. The Balaban J connectivity index is 2.02. The number of nitrogens with zero attached hydrogens (tertiary/aromatic N) is 2. The van der Waals surface area contributed by atoms with E-state index in [4.69, 9.17) is 11.6 Å². The molecule has 1 aromatic carbocycles. The Bertz CT molecular complexity index is 1100. The van der Waals surface area contributed by atoms with Crippen molar-refractivity contribution in [2.75, 3.05) is 11.9 Å². The normalized spacial score (nSPS) is 12.0. The van der Waals surface area contributed by atoms with Crippen LogP contribution in [0.4, 0.5) is 15.8 Å². The molecule has 3 rings (SSSR count). The predicted octanol–water partition coefficient (Wildman–Crippen LogP) is 5.30. The maximum atomic E-state index is 14.4. The number of anilines is 2.